The van der Waals surface area contributed by atoms with Crippen LogP contribution < -0.4 is 10.1 Å². The third-order valence-corrected chi connectivity index (χ3v) is 7.57. The molecule has 0 radical (unpaired) electrons. The summed E-state index contributed by atoms with van der Waals surface area (Å²) >= 11 is 19.3. The van der Waals surface area contributed by atoms with Crippen molar-refractivity contribution < 1.29 is 14.3 Å². The normalized spacial score (nSPS) is 11.6. The van der Waals surface area contributed by atoms with Crippen LogP contribution in [0.3, 0.4) is 0 Å². The van der Waals surface area contributed by atoms with E-state index < -0.39 is 6.04 Å². The van der Waals surface area contributed by atoms with Gasteiger partial charge in [0.2, 0.25) is 5.91 Å². The van der Waals surface area contributed by atoms with Gasteiger partial charge in [0.15, 0.2) is 6.61 Å². The summed E-state index contributed by atoms with van der Waals surface area (Å²) in [4.78, 5) is 28.8. The van der Waals surface area contributed by atoms with E-state index in [0.29, 0.717) is 39.3 Å². The van der Waals surface area contributed by atoms with Crippen LogP contribution in [-0.2, 0) is 22.6 Å². The Bertz CT molecular complexity index is 1210. The maximum absolute atomic E-state index is 13.8. The van der Waals surface area contributed by atoms with Gasteiger partial charge in [-0.25, -0.2) is 0 Å². The number of benzene rings is 3. The summed E-state index contributed by atoms with van der Waals surface area (Å²) in [6.07, 6.45) is 2.10. The van der Waals surface area contributed by atoms with E-state index in [1.54, 1.807) is 30.3 Å². The Balaban J connectivity index is 1.95. The van der Waals surface area contributed by atoms with Gasteiger partial charge in [-0.3, -0.25) is 9.59 Å². The molecule has 0 heterocycles. The molecular formula is C30H33Cl3N2O3. The molecule has 202 valence electrons. The number of carbonyl (C=O) groups excluding carboxylic acids is 2. The third-order valence-electron chi connectivity index (χ3n) is 6.26. The van der Waals surface area contributed by atoms with Gasteiger partial charge in [-0.15, -0.1) is 0 Å². The Kier molecular flexibility index (Phi) is 11.3. The molecule has 0 unspecified atom stereocenters. The molecule has 3 rings (SSSR count). The average molecular weight is 576 g/mol. The highest BCUT2D eigenvalue weighted by Crippen LogP contribution is 2.28. The van der Waals surface area contributed by atoms with E-state index in [1.807, 2.05) is 44.2 Å². The highest BCUT2D eigenvalue weighted by atomic mass is 35.5. The van der Waals surface area contributed by atoms with Crippen LogP contribution in [0.15, 0.2) is 60.7 Å². The molecule has 0 aromatic heterocycles. The zero-order valence-corrected chi connectivity index (χ0v) is 24.2. The first-order valence-corrected chi connectivity index (χ1v) is 13.8. The van der Waals surface area contributed by atoms with Crippen LogP contribution in [0.4, 0.5) is 0 Å². The Morgan fingerprint density at radius 2 is 1.58 bits per heavy atom. The monoisotopic (exact) mass is 574 g/mol. The minimum atomic E-state index is -0.800. The molecule has 0 saturated carbocycles. The summed E-state index contributed by atoms with van der Waals surface area (Å²) in [7, 11) is 0. The van der Waals surface area contributed by atoms with Gasteiger partial charge in [-0.05, 0) is 61.2 Å². The fourth-order valence-corrected chi connectivity index (χ4v) is 4.76. The molecule has 1 N–H and O–H groups in total. The maximum atomic E-state index is 13.8. The molecule has 0 aliphatic heterocycles. The smallest absolute Gasteiger partial charge is 0.261 e. The topological polar surface area (TPSA) is 58.6 Å². The van der Waals surface area contributed by atoms with Crippen LogP contribution in [0.5, 0.6) is 5.75 Å². The van der Waals surface area contributed by atoms with Crippen molar-refractivity contribution in [1.82, 2.24) is 10.2 Å². The number of rotatable bonds is 12. The average Bonchev–Trinajstić information content (AvgIpc) is 2.90. The number of amides is 2. The molecule has 0 bridgehead atoms. The molecule has 0 aliphatic carbocycles. The lowest BCUT2D eigenvalue weighted by molar-refractivity contribution is -0.142. The van der Waals surface area contributed by atoms with Gasteiger partial charge in [-0.2, -0.15) is 0 Å². The van der Waals surface area contributed by atoms with E-state index in [1.165, 1.54) is 4.90 Å². The lowest BCUT2D eigenvalue weighted by Gasteiger charge is -2.32. The standard InChI is InChI=1S/C30H33Cl3N2O3/c1-4-5-14-34-30(37)27(17-22-10-7-6-8-11-22)35(18-24-25(31)12-9-13-26(24)32)28(36)19-38-23-15-20(2)29(33)21(3)16-23/h6-13,15-16,27H,4-5,14,17-19H2,1-3H3,(H,34,37)/t27-/m1/s1. The largest absolute Gasteiger partial charge is 0.484 e. The number of nitrogens with zero attached hydrogens (tertiary/aromatic N) is 1. The number of hydrogen-bond acceptors (Lipinski definition) is 3. The molecule has 3 aromatic carbocycles. The molecule has 38 heavy (non-hydrogen) atoms. The number of aryl methyl sites for hydroxylation is 2. The van der Waals surface area contributed by atoms with Gasteiger partial charge in [-0.1, -0.05) is 84.5 Å². The molecule has 0 fully saturated rings. The molecule has 0 saturated heterocycles. The summed E-state index contributed by atoms with van der Waals surface area (Å²) in [6.45, 7) is 6.13. The fraction of sp³-hybridized carbons (Fsp3) is 0.333. The Labute approximate surface area is 240 Å². The molecule has 2 amide bonds. The molecule has 8 heteroatoms. The van der Waals surface area contributed by atoms with Crippen LogP contribution in [0.2, 0.25) is 15.1 Å². The van der Waals surface area contributed by atoms with E-state index in [-0.39, 0.29) is 25.0 Å². The van der Waals surface area contributed by atoms with Gasteiger partial charge < -0.3 is 15.0 Å². The van der Waals surface area contributed by atoms with Gasteiger partial charge in [0.05, 0.1) is 0 Å². The van der Waals surface area contributed by atoms with Crippen molar-refractivity contribution in [3.05, 3.63) is 98.0 Å². The zero-order chi connectivity index (χ0) is 27.7. The fourth-order valence-electron chi connectivity index (χ4n) is 4.13. The van der Waals surface area contributed by atoms with Crippen molar-refractivity contribution >= 4 is 46.6 Å². The predicted molar refractivity (Wildman–Crippen MR) is 155 cm³/mol. The van der Waals surface area contributed by atoms with Gasteiger partial charge in [0, 0.05) is 40.1 Å². The molecular weight excluding hydrogens is 543 g/mol. The quantitative estimate of drug-likeness (QED) is 0.232. The van der Waals surface area contributed by atoms with Crippen LogP contribution in [0.1, 0.15) is 42.0 Å². The number of hydrogen-bond donors (Lipinski definition) is 1. The second-order valence-corrected chi connectivity index (χ2v) is 10.4. The van der Waals surface area contributed by atoms with Crippen molar-refractivity contribution in [2.45, 2.75) is 52.6 Å². The minimum Gasteiger partial charge on any atom is -0.484 e. The summed E-state index contributed by atoms with van der Waals surface area (Å²) in [5, 5.41) is 4.50. The van der Waals surface area contributed by atoms with E-state index in [0.717, 1.165) is 29.5 Å². The molecule has 3 aromatic rings. The van der Waals surface area contributed by atoms with E-state index in [4.69, 9.17) is 39.5 Å². The number of ether oxygens (including phenoxy) is 1. The first kappa shape index (κ1) is 29.8. The van der Waals surface area contributed by atoms with Crippen molar-refractivity contribution in [1.29, 1.82) is 0 Å². The SMILES string of the molecule is CCCCNC(=O)[C@@H](Cc1ccccc1)N(Cc1c(Cl)cccc1Cl)C(=O)COc1cc(C)c(Cl)c(C)c1. The first-order chi connectivity index (χ1) is 18.2. The molecule has 1 atom stereocenters. The lowest BCUT2D eigenvalue weighted by atomic mass is 10.0. The van der Waals surface area contributed by atoms with E-state index in [9.17, 15) is 9.59 Å². The Morgan fingerprint density at radius 1 is 0.947 bits per heavy atom. The first-order valence-electron chi connectivity index (χ1n) is 12.6. The predicted octanol–water partition coefficient (Wildman–Crippen LogP) is 7.20. The van der Waals surface area contributed by atoms with Gasteiger partial charge in [0.1, 0.15) is 11.8 Å². The summed E-state index contributed by atoms with van der Waals surface area (Å²) in [6, 6.07) is 17.6. The van der Waals surface area contributed by atoms with Crippen molar-refractivity contribution in [3.63, 3.8) is 0 Å². The number of unbranched alkanes of at least 4 members (excludes halogenated alkanes) is 1. The molecule has 5 nitrogen and oxygen atoms in total. The summed E-state index contributed by atoms with van der Waals surface area (Å²) in [5.41, 5.74) is 3.20. The zero-order valence-electron chi connectivity index (χ0n) is 21.9. The number of carbonyl (C=O) groups is 2. The number of nitrogens with one attached hydrogen (secondary N) is 1. The van der Waals surface area contributed by atoms with Crippen LogP contribution in [-0.4, -0.2) is 35.9 Å². The maximum Gasteiger partial charge on any atom is 0.261 e. The second kappa shape index (κ2) is 14.4. The van der Waals surface area contributed by atoms with Crippen molar-refractivity contribution in [2.24, 2.45) is 0 Å². The highest BCUT2D eigenvalue weighted by molar-refractivity contribution is 6.36. The van der Waals surface area contributed by atoms with Crippen LogP contribution >= 0.6 is 34.8 Å². The summed E-state index contributed by atoms with van der Waals surface area (Å²) < 4.78 is 5.89. The molecule has 0 spiro atoms. The van der Waals surface area contributed by atoms with Gasteiger partial charge in [0.25, 0.3) is 5.91 Å². The lowest BCUT2D eigenvalue weighted by Crippen LogP contribution is -2.52. The van der Waals surface area contributed by atoms with Crippen molar-refractivity contribution in [3.8, 4) is 5.75 Å². The van der Waals surface area contributed by atoms with Crippen molar-refractivity contribution in [2.75, 3.05) is 13.2 Å². The summed E-state index contributed by atoms with van der Waals surface area (Å²) in [5.74, 6) is -0.0738. The number of halogens is 3. The van der Waals surface area contributed by atoms with Crippen LogP contribution in [0.25, 0.3) is 0 Å². The van der Waals surface area contributed by atoms with Crippen LogP contribution in [0, 0.1) is 13.8 Å². The van der Waals surface area contributed by atoms with E-state index >= 15 is 0 Å². The second-order valence-electron chi connectivity index (χ2n) is 9.23. The van der Waals surface area contributed by atoms with Gasteiger partial charge >= 0.3 is 0 Å². The Hall–Kier alpha value is -2.73. The minimum absolute atomic E-state index is 0.0536. The molecule has 0 aliphatic rings. The third kappa shape index (κ3) is 8.13. The highest BCUT2D eigenvalue weighted by Gasteiger charge is 2.31. The Morgan fingerprint density at radius 3 is 2.18 bits per heavy atom. The van der Waals surface area contributed by atoms with E-state index in [2.05, 4.69) is 12.2 Å².